The quantitative estimate of drug-likeness (QED) is 0.609. The Balaban J connectivity index is 1.29. The molecule has 0 aromatic carbocycles. The van der Waals surface area contributed by atoms with E-state index in [1.807, 2.05) is 0 Å². The van der Waals surface area contributed by atoms with E-state index in [1.54, 1.807) is 0 Å². The van der Waals surface area contributed by atoms with Gasteiger partial charge in [0.25, 0.3) is 0 Å². The van der Waals surface area contributed by atoms with Gasteiger partial charge in [0.1, 0.15) is 6.17 Å². The first-order valence-electron chi connectivity index (χ1n) is 12.4. The van der Waals surface area contributed by atoms with Crippen molar-refractivity contribution in [3.05, 3.63) is 0 Å². The fraction of sp³-hybridized carbons (Fsp3) is 1.00. The van der Waals surface area contributed by atoms with E-state index in [1.165, 1.54) is 96.9 Å². The van der Waals surface area contributed by atoms with E-state index in [0.29, 0.717) is 6.04 Å². The van der Waals surface area contributed by atoms with Gasteiger partial charge in [-0.2, -0.15) is 0 Å². The van der Waals surface area contributed by atoms with Crippen LogP contribution in [0.2, 0.25) is 0 Å². The van der Waals surface area contributed by atoms with Crippen molar-refractivity contribution >= 4 is 0 Å². The zero-order chi connectivity index (χ0) is 18.5. The van der Waals surface area contributed by atoms with Gasteiger partial charge in [-0.15, -0.1) is 0 Å². The molecule has 4 fully saturated rings. The summed E-state index contributed by atoms with van der Waals surface area (Å²) in [6, 6.07) is 0.673. The third-order valence-corrected chi connectivity index (χ3v) is 8.53. The molecule has 1 saturated heterocycles. The topological polar surface area (TPSA) is 6.48 Å². The van der Waals surface area contributed by atoms with Gasteiger partial charge in [-0.05, 0) is 43.4 Å². The minimum Gasteiger partial charge on any atom is -0.300 e. The van der Waals surface area contributed by atoms with Crippen LogP contribution in [0.5, 0.6) is 0 Å². The predicted octanol–water partition coefficient (Wildman–Crippen LogP) is 5.66. The summed E-state index contributed by atoms with van der Waals surface area (Å²) in [4.78, 5) is 5.50. The van der Waals surface area contributed by atoms with Crippen molar-refractivity contribution in [3.63, 3.8) is 0 Å². The molecule has 0 radical (unpaired) electrons. The average molecular weight is 379 g/mol. The minimum absolute atomic E-state index is 0.519. The van der Waals surface area contributed by atoms with Crippen LogP contribution < -0.4 is 0 Å². The summed E-state index contributed by atoms with van der Waals surface area (Å²) in [5.74, 6) is 3.00. The van der Waals surface area contributed by atoms with Gasteiger partial charge < -0.3 is 4.90 Å². The van der Waals surface area contributed by atoms with Gasteiger partial charge in [0, 0.05) is 38.8 Å². The normalized spacial score (nSPS) is 33.6. The maximum atomic E-state index is 13.5. The lowest BCUT2D eigenvalue weighted by molar-refractivity contribution is 0.0361. The van der Waals surface area contributed by atoms with Crippen molar-refractivity contribution in [2.45, 2.75) is 102 Å². The summed E-state index contributed by atoms with van der Waals surface area (Å²) in [7, 11) is 0. The first-order chi connectivity index (χ1) is 13.3. The average Bonchev–Trinajstić information content (AvgIpc) is 2.74. The lowest BCUT2D eigenvalue weighted by atomic mass is 9.69. The largest absolute Gasteiger partial charge is 0.300 e. The van der Waals surface area contributed by atoms with Crippen molar-refractivity contribution in [2.24, 2.45) is 17.8 Å². The second-order valence-electron chi connectivity index (χ2n) is 10.2. The van der Waals surface area contributed by atoms with Crippen LogP contribution in [0.3, 0.4) is 0 Å². The van der Waals surface area contributed by atoms with Gasteiger partial charge in [0.2, 0.25) is 0 Å². The van der Waals surface area contributed by atoms with E-state index in [4.69, 9.17) is 0 Å². The van der Waals surface area contributed by atoms with Crippen molar-refractivity contribution in [2.75, 3.05) is 32.7 Å². The van der Waals surface area contributed by atoms with Gasteiger partial charge in [-0.3, -0.25) is 4.90 Å². The maximum absolute atomic E-state index is 13.5. The molecule has 0 aromatic heterocycles. The Labute approximate surface area is 167 Å². The molecule has 4 aliphatic rings. The van der Waals surface area contributed by atoms with E-state index in [9.17, 15) is 4.39 Å². The summed E-state index contributed by atoms with van der Waals surface area (Å²) >= 11 is 0. The highest BCUT2D eigenvalue weighted by Gasteiger charge is 2.34. The zero-order valence-electron chi connectivity index (χ0n) is 17.6. The molecule has 0 N–H and O–H groups in total. The zero-order valence-corrected chi connectivity index (χ0v) is 17.6. The van der Waals surface area contributed by atoms with Gasteiger partial charge in [-0.25, -0.2) is 4.39 Å². The van der Waals surface area contributed by atoms with E-state index in [0.717, 1.165) is 43.4 Å². The molecular formula is C24H43FN2. The molecular weight excluding hydrogens is 335 g/mol. The first-order valence-corrected chi connectivity index (χ1v) is 12.4. The number of hydrogen-bond donors (Lipinski definition) is 0. The van der Waals surface area contributed by atoms with E-state index in [-0.39, 0.29) is 0 Å². The highest BCUT2D eigenvalue weighted by Crippen LogP contribution is 2.40. The summed E-state index contributed by atoms with van der Waals surface area (Å²) in [6.07, 6.45) is 18.2. The van der Waals surface area contributed by atoms with Crippen molar-refractivity contribution in [1.29, 1.82) is 0 Å². The Morgan fingerprint density at radius 3 is 1.67 bits per heavy atom. The van der Waals surface area contributed by atoms with Gasteiger partial charge in [-0.1, -0.05) is 64.2 Å². The van der Waals surface area contributed by atoms with Crippen molar-refractivity contribution in [1.82, 2.24) is 9.80 Å². The Kier molecular flexibility index (Phi) is 7.50. The smallest absolute Gasteiger partial charge is 0.100 e. The summed E-state index contributed by atoms with van der Waals surface area (Å²) < 4.78 is 13.5. The number of rotatable bonds is 5. The van der Waals surface area contributed by atoms with Crippen LogP contribution >= 0.6 is 0 Å². The highest BCUT2D eigenvalue weighted by atomic mass is 19.1. The third kappa shape index (κ3) is 5.47. The summed E-state index contributed by atoms with van der Waals surface area (Å²) in [5, 5.41) is 0. The molecule has 0 spiro atoms. The van der Waals surface area contributed by atoms with Crippen molar-refractivity contribution < 1.29 is 4.39 Å². The molecule has 3 saturated carbocycles. The molecule has 0 atom stereocenters. The molecule has 3 heteroatoms. The molecule has 0 amide bonds. The molecule has 1 aliphatic heterocycles. The number of piperazine rings is 1. The molecule has 2 nitrogen and oxygen atoms in total. The van der Waals surface area contributed by atoms with E-state index in [2.05, 4.69) is 9.80 Å². The van der Waals surface area contributed by atoms with E-state index >= 15 is 0 Å². The number of nitrogens with zero attached hydrogens (tertiary/aromatic N) is 2. The number of hydrogen-bond acceptors (Lipinski definition) is 2. The SMILES string of the molecule is FC1CCC(N2CCN(CC(C3CCCCC3)C3CCCCC3)CC2)CC1. The minimum atomic E-state index is -0.519. The highest BCUT2D eigenvalue weighted by molar-refractivity contribution is 4.87. The molecule has 1 heterocycles. The monoisotopic (exact) mass is 378 g/mol. The Hall–Kier alpha value is -0.150. The maximum Gasteiger partial charge on any atom is 0.100 e. The second-order valence-corrected chi connectivity index (χ2v) is 10.2. The summed E-state index contributed by atoms with van der Waals surface area (Å²) in [6.45, 7) is 6.34. The molecule has 0 unspecified atom stereocenters. The lowest BCUT2D eigenvalue weighted by Gasteiger charge is -2.45. The van der Waals surface area contributed by atoms with Gasteiger partial charge >= 0.3 is 0 Å². The fourth-order valence-electron chi connectivity index (χ4n) is 6.82. The van der Waals surface area contributed by atoms with Crippen LogP contribution in [0.15, 0.2) is 0 Å². The number of halogens is 1. The molecule has 3 aliphatic carbocycles. The first kappa shape index (κ1) is 20.1. The van der Waals surface area contributed by atoms with Crippen LogP contribution in [0.4, 0.5) is 4.39 Å². The molecule has 27 heavy (non-hydrogen) atoms. The summed E-state index contributed by atoms with van der Waals surface area (Å²) in [5.41, 5.74) is 0. The van der Waals surface area contributed by atoms with Crippen LogP contribution in [-0.2, 0) is 0 Å². The van der Waals surface area contributed by atoms with Gasteiger partial charge in [0.15, 0.2) is 0 Å². The van der Waals surface area contributed by atoms with Gasteiger partial charge in [0.05, 0.1) is 0 Å². The molecule has 0 aromatic rings. The molecule has 0 bridgehead atoms. The second kappa shape index (κ2) is 10.1. The number of alkyl halides is 1. The third-order valence-electron chi connectivity index (χ3n) is 8.53. The van der Waals surface area contributed by atoms with Crippen LogP contribution in [0.25, 0.3) is 0 Å². The molecule has 4 rings (SSSR count). The fourth-order valence-corrected chi connectivity index (χ4v) is 6.82. The lowest BCUT2D eigenvalue weighted by Crippen LogP contribution is -2.53. The Morgan fingerprint density at radius 2 is 1.15 bits per heavy atom. The molecule has 156 valence electrons. The Bertz CT molecular complexity index is 396. The van der Waals surface area contributed by atoms with Crippen LogP contribution in [-0.4, -0.2) is 54.7 Å². The Morgan fingerprint density at radius 1 is 0.630 bits per heavy atom. The van der Waals surface area contributed by atoms with Crippen LogP contribution in [0, 0.1) is 17.8 Å². The van der Waals surface area contributed by atoms with Crippen molar-refractivity contribution in [3.8, 4) is 0 Å². The van der Waals surface area contributed by atoms with Crippen LogP contribution in [0.1, 0.15) is 89.9 Å². The standard InChI is InChI=1S/C24H43FN2/c25-22-11-13-23(14-12-22)27-17-15-26(16-18-27)19-24(20-7-3-1-4-8-20)21-9-5-2-6-10-21/h20-24H,1-19H2. The van der Waals surface area contributed by atoms with E-state index < -0.39 is 6.17 Å². The predicted molar refractivity (Wildman–Crippen MR) is 112 cm³/mol.